The number of likely N-dealkylation sites (N-methyl/N-ethyl adjacent to an activating group) is 1. The molecular formula is C17H25F4IN4OS. The van der Waals surface area contributed by atoms with Gasteiger partial charge in [0.15, 0.2) is 5.96 Å². The Labute approximate surface area is 183 Å². The minimum Gasteiger partial charge on any atom is -0.357 e. The summed E-state index contributed by atoms with van der Waals surface area (Å²) in [5.41, 5.74) is 0. The van der Waals surface area contributed by atoms with Crippen LogP contribution in [0.1, 0.15) is 13.3 Å². The van der Waals surface area contributed by atoms with E-state index in [0.717, 1.165) is 24.1 Å². The highest BCUT2D eigenvalue weighted by Gasteiger charge is 2.30. The third kappa shape index (κ3) is 12.3. The Balaban J connectivity index is 0.00000729. The summed E-state index contributed by atoms with van der Waals surface area (Å²) in [4.78, 5) is 17.3. The zero-order valence-corrected chi connectivity index (χ0v) is 18.8. The second-order valence-corrected chi connectivity index (χ2v) is 6.81. The van der Waals surface area contributed by atoms with E-state index in [2.05, 4.69) is 15.6 Å². The van der Waals surface area contributed by atoms with Crippen molar-refractivity contribution in [3.63, 3.8) is 0 Å². The molecule has 0 fully saturated rings. The number of thioether (sulfide) groups is 1. The van der Waals surface area contributed by atoms with Crippen LogP contribution in [0.4, 0.5) is 17.6 Å². The number of alkyl halides is 3. The highest BCUT2D eigenvalue weighted by Crippen LogP contribution is 2.18. The third-order valence-corrected chi connectivity index (χ3v) is 4.35. The highest BCUT2D eigenvalue weighted by atomic mass is 127. The number of carbonyl (C=O) groups excluding carboxylic acids is 1. The molecule has 0 aliphatic rings. The largest absolute Gasteiger partial charge is 0.406 e. The Morgan fingerprint density at radius 3 is 2.43 bits per heavy atom. The van der Waals surface area contributed by atoms with Crippen molar-refractivity contribution in [1.29, 1.82) is 0 Å². The van der Waals surface area contributed by atoms with Crippen LogP contribution in [0, 0.1) is 5.82 Å². The van der Waals surface area contributed by atoms with Gasteiger partial charge in [-0.1, -0.05) is 0 Å². The van der Waals surface area contributed by atoms with Crippen molar-refractivity contribution >= 4 is 47.6 Å². The van der Waals surface area contributed by atoms with Gasteiger partial charge in [-0.3, -0.25) is 4.79 Å². The average molecular weight is 536 g/mol. The lowest BCUT2D eigenvalue weighted by Crippen LogP contribution is -2.40. The standard InChI is InChI=1S/C17H24F4N4OS.HI/c1-3-22-16(24-11-15(26)25(2)12-17(19,20)21)23-9-4-10-27-14-7-5-13(18)6-8-14;/h5-8H,3-4,9-12H2,1-2H3,(H2,22,23,24);1H. The summed E-state index contributed by atoms with van der Waals surface area (Å²) in [6.45, 7) is 1.31. The molecule has 0 aliphatic heterocycles. The molecule has 0 unspecified atom stereocenters. The third-order valence-electron chi connectivity index (χ3n) is 3.25. The van der Waals surface area contributed by atoms with Gasteiger partial charge in [-0.2, -0.15) is 13.2 Å². The van der Waals surface area contributed by atoms with Gasteiger partial charge in [-0.05, 0) is 43.4 Å². The number of nitrogens with zero attached hydrogens (tertiary/aromatic N) is 2. The molecular weight excluding hydrogens is 511 g/mol. The summed E-state index contributed by atoms with van der Waals surface area (Å²) in [5.74, 6) is 0.183. The number of nitrogens with one attached hydrogen (secondary N) is 2. The predicted molar refractivity (Wildman–Crippen MR) is 115 cm³/mol. The van der Waals surface area contributed by atoms with E-state index in [9.17, 15) is 22.4 Å². The number of aliphatic imine (C=N–C) groups is 1. The maximum atomic E-state index is 12.8. The molecule has 0 aliphatic carbocycles. The van der Waals surface area contributed by atoms with Crippen molar-refractivity contribution in [2.24, 2.45) is 4.99 Å². The first-order chi connectivity index (χ1) is 12.7. The molecule has 0 spiro atoms. The van der Waals surface area contributed by atoms with E-state index in [1.165, 1.54) is 12.1 Å². The van der Waals surface area contributed by atoms with E-state index >= 15 is 0 Å². The summed E-state index contributed by atoms with van der Waals surface area (Å²) in [5, 5.41) is 5.97. The number of benzene rings is 1. The molecule has 0 bridgehead atoms. The van der Waals surface area contributed by atoms with Crippen LogP contribution in [0.2, 0.25) is 0 Å². The maximum Gasteiger partial charge on any atom is 0.406 e. The van der Waals surface area contributed by atoms with Gasteiger partial charge in [0.2, 0.25) is 5.91 Å². The van der Waals surface area contributed by atoms with E-state index < -0.39 is 18.6 Å². The Hall–Kier alpha value is -1.24. The lowest BCUT2D eigenvalue weighted by molar-refractivity contribution is -0.157. The fraction of sp³-hybridized carbons (Fsp3) is 0.529. The SMILES string of the molecule is CCNC(=NCC(=O)N(C)CC(F)(F)F)NCCCSc1ccc(F)cc1.I. The van der Waals surface area contributed by atoms with E-state index in [4.69, 9.17) is 0 Å². The molecule has 1 aromatic carbocycles. The molecule has 0 saturated heterocycles. The predicted octanol–water partition coefficient (Wildman–Crippen LogP) is 3.50. The summed E-state index contributed by atoms with van der Waals surface area (Å²) in [6, 6.07) is 6.23. The quantitative estimate of drug-likeness (QED) is 0.127. The van der Waals surface area contributed by atoms with Crippen molar-refractivity contribution in [1.82, 2.24) is 15.5 Å². The van der Waals surface area contributed by atoms with Crippen LogP contribution in [-0.4, -0.2) is 61.9 Å². The lowest BCUT2D eigenvalue weighted by Gasteiger charge is -2.18. The molecule has 1 amide bonds. The summed E-state index contributed by atoms with van der Waals surface area (Å²) < 4.78 is 49.7. The van der Waals surface area contributed by atoms with Gasteiger partial charge in [-0.15, -0.1) is 35.7 Å². The van der Waals surface area contributed by atoms with E-state index in [0.29, 0.717) is 23.9 Å². The molecule has 0 heterocycles. The van der Waals surface area contributed by atoms with Crippen molar-refractivity contribution in [2.75, 3.05) is 39.0 Å². The molecule has 0 aromatic heterocycles. The minimum atomic E-state index is -4.43. The molecule has 2 N–H and O–H groups in total. The molecule has 160 valence electrons. The first-order valence-electron chi connectivity index (χ1n) is 8.42. The number of amides is 1. The van der Waals surface area contributed by atoms with Gasteiger partial charge in [-0.25, -0.2) is 9.38 Å². The van der Waals surface area contributed by atoms with Crippen LogP contribution < -0.4 is 10.6 Å². The van der Waals surface area contributed by atoms with Crippen LogP contribution in [0.3, 0.4) is 0 Å². The number of hydrogen-bond acceptors (Lipinski definition) is 3. The van der Waals surface area contributed by atoms with Crippen LogP contribution in [0.25, 0.3) is 0 Å². The van der Waals surface area contributed by atoms with Crippen LogP contribution in [0.5, 0.6) is 0 Å². The van der Waals surface area contributed by atoms with Crippen LogP contribution in [0.15, 0.2) is 34.2 Å². The summed E-state index contributed by atoms with van der Waals surface area (Å²) >= 11 is 1.59. The monoisotopic (exact) mass is 536 g/mol. The topological polar surface area (TPSA) is 56.7 Å². The highest BCUT2D eigenvalue weighted by molar-refractivity contribution is 14.0. The van der Waals surface area contributed by atoms with E-state index in [1.807, 2.05) is 6.92 Å². The van der Waals surface area contributed by atoms with Gasteiger partial charge < -0.3 is 15.5 Å². The maximum absolute atomic E-state index is 12.8. The number of guanidine groups is 1. The Morgan fingerprint density at radius 1 is 1.21 bits per heavy atom. The summed E-state index contributed by atoms with van der Waals surface area (Å²) in [6.07, 6.45) is -3.65. The van der Waals surface area contributed by atoms with Crippen molar-refractivity contribution in [2.45, 2.75) is 24.4 Å². The van der Waals surface area contributed by atoms with Crippen molar-refractivity contribution in [3.8, 4) is 0 Å². The minimum absolute atomic E-state index is 0. The van der Waals surface area contributed by atoms with Gasteiger partial charge in [0.05, 0.1) is 0 Å². The smallest absolute Gasteiger partial charge is 0.357 e. The van der Waals surface area contributed by atoms with Crippen molar-refractivity contribution in [3.05, 3.63) is 30.1 Å². The van der Waals surface area contributed by atoms with Gasteiger partial charge >= 0.3 is 6.18 Å². The average Bonchev–Trinajstić information content (AvgIpc) is 2.59. The molecule has 0 atom stereocenters. The fourth-order valence-electron chi connectivity index (χ4n) is 1.97. The molecule has 0 radical (unpaired) electrons. The number of halogens is 5. The zero-order chi connectivity index (χ0) is 20.3. The van der Waals surface area contributed by atoms with Crippen molar-refractivity contribution < 1.29 is 22.4 Å². The van der Waals surface area contributed by atoms with Crippen LogP contribution >= 0.6 is 35.7 Å². The Bertz CT molecular complexity index is 614. The lowest BCUT2D eigenvalue weighted by atomic mass is 10.4. The second kappa shape index (κ2) is 13.9. The van der Waals surface area contributed by atoms with Crippen LogP contribution in [-0.2, 0) is 4.79 Å². The van der Waals surface area contributed by atoms with E-state index in [1.54, 1.807) is 23.9 Å². The van der Waals surface area contributed by atoms with E-state index in [-0.39, 0.29) is 36.3 Å². The normalized spacial score (nSPS) is 11.6. The number of hydrogen-bond donors (Lipinski definition) is 2. The fourth-order valence-corrected chi connectivity index (χ4v) is 2.82. The first-order valence-corrected chi connectivity index (χ1v) is 9.41. The Morgan fingerprint density at radius 2 is 1.86 bits per heavy atom. The molecule has 28 heavy (non-hydrogen) atoms. The van der Waals surface area contributed by atoms with Gasteiger partial charge in [0.1, 0.15) is 18.9 Å². The molecule has 5 nitrogen and oxygen atoms in total. The van der Waals surface area contributed by atoms with Gasteiger partial charge in [0.25, 0.3) is 0 Å². The van der Waals surface area contributed by atoms with Gasteiger partial charge in [0, 0.05) is 25.0 Å². The molecule has 0 saturated carbocycles. The number of carbonyl (C=O) groups is 1. The second-order valence-electron chi connectivity index (χ2n) is 5.64. The molecule has 1 rings (SSSR count). The number of rotatable bonds is 9. The molecule has 11 heteroatoms. The first kappa shape index (κ1) is 26.8. The zero-order valence-electron chi connectivity index (χ0n) is 15.7. The summed E-state index contributed by atoms with van der Waals surface area (Å²) in [7, 11) is 1.10. The Kier molecular flexibility index (Phi) is 13.2. The molecule has 1 aromatic rings.